The molecule has 1 atom stereocenters. The topological polar surface area (TPSA) is 88.6 Å². The molecule has 0 amide bonds. The van der Waals surface area contributed by atoms with Crippen LogP contribution in [0.2, 0.25) is 0 Å². The van der Waals surface area contributed by atoms with Crippen molar-refractivity contribution in [3.63, 3.8) is 0 Å². The van der Waals surface area contributed by atoms with Gasteiger partial charge in [-0.05, 0) is 35.7 Å². The molecule has 1 aliphatic heterocycles. The van der Waals surface area contributed by atoms with Crippen LogP contribution >= 0.6 is 0 Å². The van der Waals surface area contributed by atoms with Gasteiger partial charge in [-0.1, -0.05) is 19.1 Å². The average Bonchev–Trinajstić information content (AvgIpc) is 2.77. The van der Waals surface area contributed by atoms with Gasteiger partial charge in [-0.25, -0.2) is 17.8 Å². The van der Waals surface area contributed by atoms with E-state index in [2.05, 4.69) is 9.71 Å². The van der Waals surface area contributed by atoms with Crippen LogP contribution in [0.5, 0.6) is 0 Å². The van der Waals surface area contributed by atoms with Gasteiger partial charge in [0, 0.05) is 25.4 Å². The zero-order chi connectivity index (χ0) is 25.1. The Labute approximate surface area is 195 Å². The van der Waals surface area contributed by atoms with Crippen LogP contribution in [0.15, 0.2) is 30.3 Å². The zero-order valence-corrected chi connectivity index (χ0v) is 19.5. The van der Waals surface area contributed by atoms with E-state index in [-0.39, 0.29) is 30.1 Å². The minimum absolute atomic E-state index is 0.0104. The molecule has 1 N–H and O–H groups in total. The number of pyridine rings is 1. The second kappa shape index (κ2) is 10.3. The number of hydrogen-bond acceptors (Lipinski definition) is 6. The predicted molar refractivity (Wildman–Crippen MR) is 119 cm³/mol. The first-order valence-electron chi connectivity index (χ1n) is 10.5. The third-order valence-electron chi connectivity index (χ3n) is 5.47. The molecule has 12 heteroatoms. The van der Waals surface area contributed by atoms with E-state index in [1.807, 2.05) is 0 Å². The lowest BCUT2D eigenvalue weighted by molar-refractivity contribution is -0.141. The van der Waals surface area contributed by atoms with Gasteiger partial charge in [-0.15, -0.1) is 0 Å². The van der Waals surface area contributed by atoms with Crippen LogP contribution < -0.4 is 9.62 Å². The van der Waals surface area contributed by atoms with Crippen LogP contribution in [-0.4, -0.2) is 51.7 Å². The van der Waals surface area contributed by atoms with Gasteiger partial charge in [0.15, 0.2) is 0 Å². The largest absolute Gasteiger partial charge is 0.433 e. The summed E-state index contributed by atoms with van der Waals surface area (Å²) in [5, 5.41) is 0. The van der Waals surface area contributed by atoms with Crippen LogP contribution in [0.3, 0.4) is 0 Å². The first kappa shape index (κ1) is 25.9. The Kier molecular flexibility index (Phi) is 7.81. The Balaban J connectivity index is 1.75. The molecular weight excluding hydrogens is 478 g/mol. The third kappa shape index (κ3) is 6.66. The van der Waals surface area contributed by atoms with Gasteiger partial charge in [0.25, 0.3) is 0 Å². The Morgan fingerprint density at radius 1 is 1.21 bits per heavy atom. The van der Waals surface area contributed by atoms with E-state index in [0.29, 0.717) is 37.4 Å². The van der Waals surface area contributed by atoms with E-state index in [1.165, 1.54) is 18.2 Å². The molecule has 34 heavy (non-hydrogen) atoms. The van der Waals surface area contributed by atoms with Crippen LogP contribution in [0.4, 0.5) is 29.1 Å². The van der Waals surface area contributed by atoms with Gasteiger partial charge in [-0.3, -0.25) is 9.52 Å². The lowest BCUT2D eigenvalue weighted by atomic mass is 9.92. The fourth-order valence-corrected chi connectivity index (χ4v) is 4.19. The number of hydrogen-bond donors (Lipinski definition) is 1. The van der Waals surface area contributed by atoms with Crippen molar-refractivity contribution in [2.45, 2.75) is 31.9 Å². The fourth-order valence-electron chi connectivity index (χ4n) is 3.62. The summed E-state index contributed by atoms with van der Waals surface area (Å²) >= 11 is 0. The molecule has 186 valence electrons. The number of carbonyl (C=O) groups is 1. The van der Waals surface area contributed by atoms with Gasteiger partial charge in [0.05, 0.1) is 25.2 Å². The summed E-state index contributed by atoms with van der Waals surface area (Å²) < 4.78 is 83.8. The summed E-state index contributed by atoms with van der Waals surface area (Å²) in [7, 11) is -3.66. The van der Waals surface area contributed by atoms with Gasteiger partial charge in [-0.2, -0.15) is 13.2 Å². The molecule has 0 saturated carbocycles. The molecule has 3 rings (SSSR count). The van der Waals surface area contributed by atoms with E-state index in [1.54, 1.807) is 11.8 Å². The number of nitrogens with one attached hydrogen (secondary N) is 1. The Bertz CT molecular complexity index is 1150. The van der Waals surface area contributed by atoms with Gasteiger partial charge in [0.2, 0.25) is 10.0 Å². The van der Waals surface area contributed by atoms with E-state index >= 15 is 0 Å². The molecule has 7 nitrogen and oxygen atoms in total. The highest BCUT2D eigenvalue weighted by Crippen LogP contribution is 2.32. The normalized spacial score (nSPS) is 15.8. The number of aryl methyl sites for hydroxylation is 1. The van der Waals surface area contributed by atoms with Crippen molar-refractivity contribution in [1.82, 2.24) is 4.98 Å². The highest BCUT2D eigenvalue weighted by molar-refractivity contribution is 7.92. The zero-order valence-electron chi connectivity index (χ0n) is 18.7. The molecule has 1 aromatic carbocycles. The standard InChI is InChI=1S/C22H25F4N3O4S/c1-14(16-3-6-18(17(23)13-16)28-34(2,31)32)19(30)7-4-15-5-8-20(22(24,25)26)27-21(15)29-9-11-33-12-10-29/h3,5-6,8,13-14,28H,4,7,9-12H2,1-2H3. The van der Waals surface area contributed by atoms with Crippen molar-refractivity contribution in [2.75, 3.05) is 42.2 Å². The molecule has 1 aliphatic rings. The van der Waals surface area contributed by atoms with Crippen LogP contribution in [0.25, 0.3) is 0 Å². The molecule has 1 unspecified atom stereocenters. The van der Waals surface area contributed by atoms with E-state index < -0.39 is 33.6 Å². The van der Waals surface area contributed by atoms with E-state index in [4.69, 9.17) is 4.74 Å². The van der Waals surface area contributed by atoms with Crippen molar-refractivity contribution in [1.29, 1.82) is 0 Å². The summed E-state index contributed by atoms with van der Waals surface area (Å²) in [6.45, 7) is 3.10. The number of morpholine rings is 1. The number of rotatable bonds is 8. The maximum absolute atomic E-state index is 14.3. The summed E-state index contributed by atoms with van der Waals surface area (Å²) in [6.07, 6.45) is -3.52. The summed E-state index contributed by atoms with van der Waals surface area (Å²) in [4.78, 5) is 18.3. The number of sulfonamides is 1. The number of Topliss-reactive ketones (excluding diaryl/α,β-unsaturated/α-hetero) is 1. The average molecular weight is 504 g/mol. The highest BCUT2D eigenvalue weighted by Gasteiger charge is 2.34. The molecule has 0 radical (unpaired) electrons. The first-order chi connectivity index (χ1) is 15.8. The Hall–Kier alpha value is -2.73. The van der Waals surface area contributed by atoms with Crippen molar-refractivity contribution in [3.8, 4) is 0 Å². The summed E-state index contributed by atoms with van der Waals surface area (Å²) in [5.74, 6) is -1.57. The minimum atomic E-state index is -4.59. The minimum Gasteiger partial charge on any atom is -0.378 e. The molecule has 1 saturated heterocycles. The van der Waals surface area contributed by atoms with Crippen molar-refractivity contribution in [3.05, 3.63) is 53.0 Å². The Morgan fingerprint density at radius 2 is 1.88 bits per heavy atom. The molecular formula is C22H25F4N3O4S. The predicted octanol–water partition coefficient (Wildman–Crippen LogP) is 3.75. The van der Waals surface area contributed by atoms with Crippen molar-refractivity contribution < 1.29 is 35.5 Å². The van der Waals surface area contributed by atoms with Crippen molar-refractivity contribution in [2.24, 2.45) is 0 Å². The summed E-state index contributed by atoms with van der Waals surface area (Å²) in [6, 6.07) is 6.03. The molecule has 2 aromatic rings. The lowest BCUT2D eigenvalue weighted by Crippen LogP contribution is -2.37. The highest BCUT2D eigenvalue weighted by atomic mass is 32.2. The SMILES string of the molecule is CC(C(=O)CCc1ccc(C(F)(F)F)nc1N1CCOCC1)c1ccc(NS(C)(=O)=O)c(F)c1. The smallest absolute Gasteiger partial charge is 0.378 e. The number of ether oxygens (including phenoxy) is 1. The fraction of sp³-hybridized carbons (Fsp3) is 0.455. The molecule has 0 bridgehead atoms. The monoisotopic (exact) mass is 503 g/mol. The third-order valence-corrected chi connectivity index (χ3v) is 6.06. The van der Waals surface area contributed by atoms with E-state index in [9.17, 15) is 30.8 Å². The number of carbonyl (C=O) groups excluding carboxylic acids is 1. The van der Waals surface area contributed by atoms with Crippen LogP contribution in [-0.2, 0) is 32.2 Å². The maximum Gasteiger partial charge on any atom is 0.433 e. The van der Waals surface area contributed by atoms with Crippen LogP contribution in [0, 0.1) is 5.82 Å². The lowest BCUT2D eigenvalue weighted by Gasteiger charge is -2.30. The summed E-state index contributed by atoms with van der Waals surface area (Å²) in [5.41, 5.74) is -0.359. The van der Waals surface area contributed by atoms with Gasteiger partial charge < -0.3 is 9.64 Å². The van der Waals surface area contributed by atoms with Gasteiger partial charge >= 0.3 is 6.18 Å². The molecule has 1 fully saturated rings. The van der Waals surface area contributed by atoms with E-state index in [0.717, 1.165) is 18.4 Å². The number of ketones is 1. The number of alkyl halides is 3. The quantitative estimate of drug-likeness (QED) is 0.552. The van der Waals surface area contributed by atoms with Gasteiger partial charge in [0.1, 0.15) is 23.1 Å². The number of benzene rings is 1. The second-order valence-electron chi connectivity index (χ2n) is 8.08. The number of nitrogens with zero attached hydrogens (tertiary/aromatic N) is 2. The number of halogens is 4. The Morgan fingerprint density at radius 3 is 2.47 bits per heavy atom. The molecule has 0 aliphatic carbocycles. The molecule has 1 aromatic heterocycles. The van der Waals surface area contributed by atoms with Crippen molar-refractivity contribution >= 4 is 27.3 Å². The molecule has 2 heterocycles. The second-order valence-corrected chi connectivity index (χ2v) is 9.83. The molecule has 0 spiro atoms. The maximum atomic E-state index is 14.3. The number of anilines is 2. The first-order valence-corrected chi connectivity index (χ1v) is 12.4. The van der Waals surface area contributed by atoms with Crippen LogP contribution in [0.1, 0.15) is 36.1 Å². The number of aromatic nitrogens is 1.